The lowest BCUT2D eigenvalue weighted by molar-refractivity contribution is 0.334. The van der Waals surface area contributed by atoms with E-state index in [2.05, 4.69) is 27.7 Å². The van der Waals surface area contributed by atoms with Crippen LogP contribution in [0.4, 0.5) is 5.69 Å². The van der Waals surface area contributed by atoms with Gasteiger partial charge in [-0.2, -0.15) is 0 Å². The van der Waals surface area contributed by atoms with Crippen molar-refractivity contribution in [3.8, 4) is 17.3 Å². The maximum Gasteiger partial charge on any atom is 0.263 e. The average molecular weight is 790 g/mol. The monoisotopic (exact) mass is 790 g/mol. The van der Waals surface area contributed by atoms with Crippen LogP contribution in [0.1, 0.15) is 168 Å². The minimum atomic E-state index is -0.381. The summed E-state index contributed by atoms with van der Waals surface area (Å²) in [6.07, 6.45) is 20.0. The van der Waals surface area contributed by atoms with Crippen molar-refractivity contribution >= 4 is 49.0 Å². The minimum Gasteiger partial charge on any atom is -0.494 e. The van der Waals surface area contributed by atoms with Gasteiger partial charge in [0.25, 0.3) is 16.7 Å². The summed E-state index contributed by atoms with van der Waals surface area (Å²) in [5.74, 6) is 0.320. The van der Waals surface area contributed by atoms with E-state index in [1.54, 1.807) is 16.7 Å². The number of anilines is 1. The van der Waals surface area contributed by atoms with E-state index < -0.39 is 0 Å². The van der Waals surface area contributed by atoms with Crippen LogP contribution in [-0.2, 0) is 0 Å². The molecule has 58 heavy (non-hydrogen) atoms. The van der Waals surface area contributed by atoms with Gasteiger partial charge in [0, 0.05) is 59.0 Å². The molecule has 0 saturated carbocycles. The molecular formula is C49H67N5O4. The van der Waals surface area contributed by atoms with Gasteiger partial charge >= 0.3 is 0 Å². The lowest BCUT2D eigenvalue weighted by Gasteiger charge is -2.24. The van der Waals surface area contributed by atoms with Crippen molar-refractivity contribution in [3.05, 3.63) is 67.5 Å². The number of aromatic nitrogens is 4. The third kappa shape index (κ3) is 8.60. The van der Waals surface area contributed by atoms with E-state index in [4.69, 9.17) is 9.97 Å². The first-order valence-corrected chi connectivity index (χ1v) is 22.7. The predicted octanol–water partition coefficient (Wildman–Crippen LogP) is 12.1. The zero-order valence-corrected chi connectivity index (χ0v) is 36.2. The van der Waals surface area contributed by atoms with Gasteiger partial charge in [-0.3, -0.25) is 23.5 Å². The van der Waals surface area contributed by atoms with Gasteiger partial charge in [0.1, 0.15) is 11.0 Å². The van der Waals surface area contributed by atoms with Crippen LogP contribution in [0.25, 0.3) is 54.7 Å². The molecule has 0 aliphatic heterocycles. The van der Waals surface area contributed by atoms with Crippen molar-refractivity contribution in [2.45, 2.75) is 168 Å². The topological polar surface area (TPSA) is 110 Å². The highest BCUT2D eigenvalue weighted by Crippen LogP contribution is 2.42. The number of aromatic hydroxyl groups is 1. The molecule has 9 heteroatoms. The molecule has 6 aromatic rings. The number of hydrogen-bond donors (Lipinski definition) is 1. The van der Waals surface area contributed by atoms with E-state index in [0.29, 0.717) is 49.2 Å². The second-order valence-electron chi connectivity index (χ2n) is 17.0. The van der Waals surface area contributed by atoms with E-state index in [1.807, 2.05) is 43.3 Å². The van der Waals surface area contributed by atoms with Crippen molar-refractivity contribution in [1.29, 1.82) is 0 Å². The molecule has 0 bridgehead atoms. The van der Waals surface area contributed by atoms with Crippen molar-refractivity contribution in [3.63, 3.8) is 0 Å². The zero-order chi connectivity index (χ0) is 41.3. The van der Waals surface area contributed by atoms with E-state index in [1.165, 1.54) is 4.57 Å². The van der Waals surface area contributed by atoms with Crippen LogP contribution in [0.2, 0.25) is 0 Å². The van der Waals surface area contributed by atoms with Gasteiger partial charge in [-0.15, -0.1) is 0 Å². The number of benzene rings is 3. The van der Waals surface area contributed by atoms with E-state index >= 15 is 9.59 Å². The van der Waals surface area contributed by atoms with Gasteiger partial charge < -0.3 is 10.0 Å². The summed E-state index contributed by atoms with van der Waals surface area (Å²) < 4.78 is 3.13. The normalized spacial score (nSPS) is 12.2. The molecule has 9 nitrogen and oxygen atoms in total. The number of imidazole rings is 1. The fraction of sp³-hybridized carbons (Fsp3) is 0.571. The number of para-hydroxylation sites is 1. The molecule has 0 aliphatic carbocycles. The van der Waals surface area contributed by atoms with Gasteiger partial charge in [-0.05, 0) is 49.9 Å². The third-order valence-electron chi connectivity index (χ3n) is 12.5. The number of rotatable bonds is 24. The smallest absolute Gasteiger partial charge is 0.263 e. The van der Waals surface area contributed by atoms with E-state index in [9.17, 15) is 9.90 Å². The Balaban J connectivity index is 1.69. The van der Waals surface area contributed by atoms with Crippen LogP contribution >= 0.6 is 0 Å². The van der Waals surface area contributed by atoms with Crippen molar-refractivity contribution in [2.75, 3.05) is 19.0 Å². The highest BCUT2D eigenvalue weighted by Gasteiger charge is 2.31. The highest BCUT2D eigenvalue weighted by molar-refractivity contribution is 6.32. The fourth-order valence-electron chi connectivity index (χ4n) is 9.40. The predicted molar refractivity (Wildman–Crippen MR) is 244 cm³/mol. The maximum absolute atomic E-state index is 15.3. The van der Waals surface area contributed by atoms with Crippen molar-refractivity contribution in [2.24, 2.45) is 0 Å². The van der Waals surface area contributed by atoms with E-state index in [0.717, 1.165) is 140 Å². The summed E-state index contributed by atoms with van der Waals surface area (Å²) >= 11 is 0. The van der Waals surface area contributed by atoms with Crippen LogP contribution in [-0.4, -0.2) is 38.3 Å². The Morgan fingerprint density at radius 1 is 0.534 bits per heavy atom. The van der Waals surface area contributed by atoms with Crippen LogP contribution < -0.4 is 21.6 Å². The van der Waals surface area contributed by atoms with Crippen molar-refractivity contribution in [1.82, 2.24) is 19.1 Å². The largest absolute Gasteiger partial charge is 0.494 e. The summed E-state index contributed by atoms with van der Waals surface area (Å²) in [6, 6.07) is 11.0. The van der Waals surface area contributed by atoms with E-state index in [-0.39, 0.29) is 34.6 Å². The van der Waals surface area contributed by atoms with Gasteiger partial charge in [-0.1, -0.05) is 143 Å². The van der Waals surface area contributed by atoms with Gasteiger partial charge in [0.05, 0.1) is 10.8 Å². The number of unbranched alkanes of at least 4 members (excludes halogenated alkanes) is 12. The molecule has 312 valence electrons. The number of hydrogen-bond acceptors (Lipinski definition) is 7. The van der Waals surface area contributed by atoms with Gasteiger partial charge in [-0.25, -0.2) is 9.97 Å². The minimum absolute atomic E-state index is 0.102. The molecule has 3 aromatic carbocycles. The number of fused-ring (bicyclic) bond motifs is 3. The Kier molecular flexibility index (Phi) is 14.8. The molecule has 0 radical (unpaired) electrons. The molecule has 0 saturated heterocycles. The molecule has 0 fully saturated rings. The SMILES string of the molecule is CCCCCCC(CCCCCC)n1c(O)c2ccc3c(=O)n(C(CCCCCC)CCCCCC)c(=O)c4c5nc(-c6ccccc6N(C)C)nc5c(c1=O)c2c34. The summed E-state index contributed by atoms with van der Waals surface area (Å²) in [4.78, 5) is 57.6. The summed E-state index contributed by atoms with van der Waals surface area (Å²) in [6.45, 7) is 8.76. The van der Waals surface area contributed by atoms with Crippen molar-refractivity contribution < 1.29 is 5.11 Å². The first kappa shape index (κ1) is 43.1. The fourth-order valence-corrected chi connectivity index (χ4v) is 9.40. The van der Waals surface area contributed by atoms with Crippen LogP contribution in [0.3, 0.4) is 0 Å². The molecule has 6 rings (SSSR count). The standard InChI is InChI=1S/C49H67N5O4/c1-7-11-15-19-25-33(26-20-16-12-8-2)53-46(55)36-31-32-37-40-39(36)41(48(53)57)43-44(51-45(50-43)35-29-23-24-30-38(35)52(5)6)42(40)49(58)54(47(37)56)34(27-21-17-13-9-3)28-22-18-14-10-4/h23-24,29-34,55H,7-22,25-28H2,1-6H3. The molecular weight excluding hydrogens is 723 g/mol. The van der Waals surface area contributed by atoms with Crippen LogP contribution in [0.5, 0.6) is 5.88 Å². The molecule has 0 unspecified atom stereocenters. The van der Waals surface area contributed by atoms with Gasteiger partial charge in [0.15, 0.2) is 5.82 Å². The molecule has 0 amide bonds. The molecule has 0 spiro atoms. The first-order valence-electron chi connectivity index (χ1n) is 22.7. The quantitative estimate of drug-likeness (QED) is 0.0480. The second-order valence-corrected chi connectivity index (χ2v) is 17.0. The molecule has 0 aliphatic rings. The Hall–Kier alpha value is -4.53. The molecule has 3 heterocycles. The lowest BCUT2D eigenvalue weighted by Crippen LogP contribution is -2.37. The Bertz CT molecular complexity index is 2430. The zero-order valence-electron chi connectivity index (χ0n) is 36.2. The Morgan fingerprint density at radius 2 is 0.966 bits per heavy atom. The molecule has 0 atom stereocenters. The average Bonchev–Trinajstić information content (AvgIpc) is 3.66. The van der Waals surface area contributed by atoms with Crippen LogP contribution in [0.15, 0.2) is 50.8 Å². The summed E-state index contributed by atoms with van der Waals surface area (Å²) in [7, 11) is 3.94. The molecule has 1 N–H and O–H groups in total. The highest BCUT2D eigenvalue weighted by atomic mass is 16.3. The third-order valence-corrected chi connectivity index (χ3v) is 12.5. The molecule has 3 aromatic heterocycles. The summed E-state index contributed by atoms with van der Waals surface area (Å²) in [5, 5.41) is 14.6. The summed E-state index contributed by atoms with van der Waals surface area (Å²) in [5.41, 5.74) is 1.34. The van der Waals surface area contributed by atoms with Gasteiger partial charge in [0.2, 0.25) is 5.88 Å². The van der Waals surface area contributed by atoms with Crippen LogP contribution in [0, 0.1) is 0 Å². The second kappa shape index (κ2) is 20.0. The Morgan fingerprint density at radius 3 is 1.45 bits per heavy atom. The number of nitrogens with zero attached hydrogens (tertiary/aromatic N) is 5. The Labute approximate surface area is 344 Å². The maximum atomic E-state index is 15.3. The first-order chi connectivity index (χ1) is 28.2. The number of pyridine rings is 2. The lowest BCUT2D eigenvalue weighted by atomic mass is 9.93.